The summed E-state index contributed by atoms with van der Waals surface area (Å²) in [5.41, 5.74) is 17.0. The van der Waals surface area contributed by atoms with Crippen molar-refractivity contribution in [3.05, 3.63) is 120 Å². The number of carbonyl (C=O) groups is 1. The van der Waals surface area contributed by atoms with Crippen LogP contribution >= 0.6 is 0 Å². The lowest BCUT2D eigenvalue weighted by atomic mass is 10.0. The average Bonchev–Trinajstić information content (AvgIpc) is 2.86. The van der Waals surface area contributed by atoms with Crippen molar-refractivity contribution < 1.29 is 4.79 Å². The van der Waals surface area contributed by atoms with Crippen molar-refractivity contribution in [3.63, 3.8) is 0 Å². The first-order valence-electron chi connectivity index (χ1n) is 10.2. The molecule has 0 heterocycles. The Morgan fingerprint density at radius 1 is 0.844 bits per heavy atom. The van der Waals surface area contributed by atoms with Gasteiger partial charge in [-0.05, 0) is 23.8 Å². The SMILES string of the molecule is CNc1ccccc1/C(=N\C(C=O)N/C(N)=C/C=C(\N)c1ccccc1)c1ccccc1. The molecule has 0 bridgehead atoms. The van der Waals surface area contributed by atoms with E-state index in [2.05, 4.69) is 10.6 Å². The smallest absolute Gasteiger partial charge is 0.176 e. The molecular weight excluding hydrogens is 398 g/mol. The number of rotatable bonds is 9. The van der Waals surface area contributed by atoms with Gasteiger partial charge in [-0.3, -0.25) is 9.79 Å². The minimum absolute atomic E-state index is 0.277. The van der Waals surface area contributed by atoms with E-state index in [0.29, 0.717) is 11.4 Å². The lowest BCUT2D eigenvalue weighted by Gasteiger charge is -2.16. The first kappa shape index (κ1) is 22.4. The molecule has 6 N–H and O–H groups in total. The Labute approximate surface area is 188 Å². The Morgan fingerprint density at radius 3 is 2.06 bits per heavy atom. The lowest BCUT2D eigenvalue weighted by Crippen LogP contribution is -2.33. The summed E-state index contributed by atoms with van der Waals surface area (Å²) in [7, 11) is 1.85. The maximum Gasteiger partial charge on any atom is 0.176 e. The van der Waals surface area contributed by atoms with Gasteiger partial charge in [-0.2, -0.15) is 0 Å². The van der Waals surface area contributed by atoms with Crippen LogP contribution in [-0.2, 0) is 4.79 Å². The zero-order valence-electron chi connectivity index (χ0n) is 17.9. The van der Waals surface area contributed by atoms with E-state index in [4.69, 9.17) is 16.5 Å². The Balaban J connectivity index is 1.91. The van der Waals surface area contributed by atoms with Crippen LogP contribution in [0.3, 0.4) is 0 Å². The van der Waals surface area contributed by atoms with Gasteiger partial charge in [-0.1, -0.05) is 78.9 Å². The van der Waals surface area contributed by atoms with E-state index < -0.39 is 6.17 Å². The summed E-state index contributed by atoms with van der Waals surface area (Å²) in [5, 5.41) is 6.12. The summed E-state index contributed by atoms with van der Waals surface area (Å²) < 4.78 is 0. The number of hydrogen-bond donors (Lipinski definition) is 4. The van der Waals surface area contributed by atoms with E-state index in [9.17, 15) is 4.79 Å². The van der Waals surface area contributed by atoms with Crippen LogP contribution in [0.5, 0.6) is 0 Å². The van der Waals surface area contributed by atoms with E-state index in [1.807, 2.05) is 92.0 Å². The number of benzene rings is 3. The maximum absolute atomic E-state index is 11.8. The summed E-state index contributed by atoms with van der Waals surface area (Å²) in [6, 6.07) is 27.1. The Bertz CT molecular complexity index is 1120. The molecule has 0 amide bonds. The second-order valence-corrected chi connectivity index (χ2v) is 6.97. The monoisotopic (exact) mass is 425 g/mol. The molecule has 0 aliphatic heterocycles. The van der Waals surface area contributed by atoms with Gasteiger partial charge in [-0.25, -0.2) is 0 Å². The molecule has 0 radical (unpaired) electrons. The largest absolute Gasteiger partial charge is 0.398 e. The van der Waals surface area contributed by atoms with Crippen LogP contribution in [0, 0.1) is 0 Å². The van der Waals surface area contributed by atoms with Crippen LogP contribution in [0.2, 0.25) is 0 Å². The molecule has 1 atom stereocenters. The number of para-hydroxylation sites is 1. The topological polar surface area (TPSA) is 106 Å². The van der Waals surface area contributed by atoms with Crippen molar-refractivity contribution in [1.29, 1.82) is 0 Å². The quantitative estimate of drug-likeness (QED) is 0.239. The third-order valence-corrected chi connectivity index (χ3v) is 4.76. The van der Waals surface area contributed by atoms with Gasteiger partial charge in [0.25, 0.3) is 0 Å². The molecular formula is C26H27N5O. The minimum Gasteiger partial charge on any atom is -0.398 e. The van der Waals surface area contributed by atoms with Gasteiger partial charge in [-0.15, -0.1) is 0 Å². The highest BCUT2D eigenvalue weighted by Crippen LogP contribution is 2.20. The van der Waals surface area contributed by atoms with Crippen molar-refractivity contribution in [1.82, 2.24) is 5.32 Å². The summed E-state index contributed by atoms with van der Waals surface area (Å²) in [4.78, 5) is 16.5. The molecule has 0 spiro atoms. The van der Waals surface area contributed by atoms with Crippen LogP contribution in [0.1, 0.15) is 16.7 Å². The predicted molar refractivity (Wildman–Crippen MR) is 132 cm³/mol. The number of nitrogens with one attached hydrogen (secondary N) is 2. The molecule has 0 aliphatic rings. The molecule has 6 heteroatoms. The van der Waals surface area contributed by atoms with Gasteiger partial charge in [0.05, 0.1) is 11.5 Å². The van der Waals surface area contributed by atoms with E-state index in [0.717, 1.165) is 28.7 Å². The van der Waals surface area contributed by atoms with Crippen LogP contribution in [0.15, 0.2) is 108 Å². The van der Waals surface area contributed by atoms with Gasteiger partial charge in [0, 0.05) is 29.6 Å². The Kier molecular flexibility index (Phi) is 7.81. The van der Waals surface area contributed by atoms with Crippen LogP contribution in [0.25, 0.3) is 5.70 Å². The second kappa shape index (κ2) is 11.2. The third kappa shape index (κ3) is 5.86. The molecule has 3 aromatic carbocycles. The van der Waals surface area contributed by atoms with Crippen LogP contribution in [-0.4, -0.2) is 25.2 Å². The standard InChI is InChI=1S/C26H27N5O/c1-29-23-15-9-8-14-21(23)26(20-12-6-3-7-13-20)31-25(18-32)30-24(28)17-16-22(27)19-10-4-2-5-11-19/h2-18,25,29-30H,27-28H2,1H3/b22-16-,24-17+,31-26-. The van der Waals surface area contributed by atoms with Crippen molar-refractivity contribution in [3.8, 4) is 0 Å². The molecule has 162 valence electrons. The molecule has 6 nitrogen and oxygen atoms in total. The van der Waals surface area contributed by atoms with Gasteiger partial charge >= 0.3 is 0 Å². The first-order valence-corrected chi connectivity index (χ1v) is 10.2. The molecule has 1 unspecified atom stereocenters. The van der Waals surface area contributed by atoms with Gasteiger partial charge < -0.3 is 22.1 Å². The molecule has 0 saturated heterocycles. The maximum atomic E-state index is 11.8. The van der Waals surface area contributed by atoms with Gasteiger partial charge in [0.1, 0.15) is 0 Å². The van der Waals surface area contributed by atoms with E-state index in [1.54, 1.807) is 12.2 Å². The van der Waals surface area contributed by atoms with Crippen LogP contribution < -0.4 is 22.1 Å². The number of hydrogen-bond acceptors (Lipinski definition) is 6. The molecule has 0 fully saturated rings. The molecule has 0 aliphatic carbocycles. The normalized spacial score (nSPS) is 13.3. The number of aliphatic imine (C=N–C) groups is 1. The highest BCUT2D eigenvalue weighted by molar-refractivity contribution is 6.16. The summed E-state index contributed by atoms with van der Waals surface area (Å²) in [5.74, 6) is 0.277. The number of carbonyl (C=O) groups excluding carboxylic acids is 1. The van der Waals surface area contributed by atoms with E-state index in [-0.39, 0.29) is 5.82 Å². The van der Waals surface area contributed by atoms with Crippen molar-refractivity contribution in [2.45, 2.75) is 6.17 Å². The molecule has 3 aromatic rings. The third-order valence-electron chi connectivity index (χ3n) is 4.76. The van der Waals surface area contributed by atoms with Crippen molar-refractivity contribution in [2.75, 3.05) is 12.4 Å². The minimum atomic E-state index is -0.877. The number of nitrogens with zero attached hydrogens (tertiary/aromatic N) is 1. The fourth-order valence-corrected chi connectivity index (χ4v) is 3.16. The van der Waals surface area contributed by atoms with Crippen molar-refractivity contribution >= 4 is 23.4 Å². The molecule has 3 rings (SSSR count). The Hall–Kier alpha value is -4.32. The average molecular weight is 426 g/mol. The van der Waals surface area contributed by atoms with E-state index >= 15 is 0 Å². The fraction of sp³-hybridized carbons (Fsp3) is 0.0769. The van der Waals surface area contributed by atoms with Crippen molar-refractivity contribution in [2.24, 2.45) is 16.5 Å². The number of anilines is 1. The summed E-state index contributed by atoms with van der Waals surface area (Å²) in [6.07, 6.45) is 3.16. The zero-order valence-corrected chi connectivity index (χ0v) is 17.9. The zero-order chi connectivity index (χ0) is 22.8. The number of aldehydes is 1. The second-order valence-electron chi connectivity index (χ2n) is 6.97. The van der Waals surface area contributed by atoms with Gasteiger partial charge in [0.15, 0.2) is 12.5 Å². The molecule has 32 heavy (non-hydrogen) atoms. The number of allylic oxidation sites excluding steroid dienone is 2. The predicted octanol–water partition coefficient (Wildman–Crippen LogP) is 3.48. The Morgan fingerprint density at radius 2 is 1.44 bits per heavy atom. The highest BCUT2D eigenvalue weighted by Gasteiger charge is 2.14. The summed E-state index contributed by atoms with van der Waals surface area (Å²) >= 11 is 0. The van der Waals surface area contributed by atoms with Gasteiger partial charge in [0.2, 0.25) is 0 Å². The first-order chi connectivity index (χ1) is 15.6. The highest BCUT2D eigenvalue weighted by atomic mass is 16.1. The molecule has 0 saturated carbocycles. The number of nitrogens with two attached hydrogens (primary N) is 2. The summed E-state index contributed by atoms with van der Waals surface area (Å²) in [6.45, 7) is 0. The lowest BCUT2D eigenvalue weighted by molar-refractivity contribution is -0.109. The molecule has 0 aromatic heterocycles. The van der Waals surface area contributed by atoms with Crippen LogP contribution in [0.4, 0.5) is 5.69 Å². The van der Waals surface area contributed by atoms with E-state index in [1.165, 1.54) is 0 Å². The fourth-order valence-electron chi connectivity index (χ4n) is 3.16.